The summed E-state index contributed by atoms with van der Waals surface area (Å²) in [6, 6.07) is 4.41. The predicted octanol–water partition coefficient (Wildman–Crippen LogP) is 5.33. The maximum atomic E-state index is 15.3. The quantitative estimate of drug-likeness (QED) is 0.463. The largest absolute Gasteiger partial charge is 0.525 e. The molecular weight excluding hydrogens is 393 g/mol. The summed E-state index contributed by atoms with van der Waals surface area (Å²) in [7, 11) is -1.09. The normalized spacial score (nSPS) is 19.9. The van der Waals surface area contributed by atoms with Crippen LogP contribution >= 0.6 is 15.9 Å². The molecule has 0 saturated carbocycles. The van der Waals surface area contributed by atoms with E-state index in [0.717, 1.165) is 0 Å². The Labute approximate surface area is 157 Å². The van der Waals surface area contributed by atoms with E-state index in [2.05, 4.69) is 15.9 Å². The van der Waals surface area contributed by atoms with E-state index in [-0.39, 0.29) is 4.47 Å². The maximum Gasteiger partial charge on any atom is 0.525 e. The second-order valence-electron chi connectivity index (χ2n) is 6.99. The van der Waals surface area contributed by atoms with Crippen molar-refractivity contribution in [1.29, 1.82) is 0 Å². The van der Waals surface area contributed by atoms with Crippen molar-refractivity contribution in [3.05, 3.63) is 39.8 Å². The molecule has 138 valence electrons. The Balaban J connectivity index is 2.39. The lowest BCUT2D eigenvalue weighted by atomic mass is 9.82. The van der Waals surface area contributed by atoms with Crippen molar-refractivity contribution in [3.8, 4) is 0 Å². The molecule has 0 aromatic heterocycles. The monoisotopic (exact) mass is 416 g/mol. The number of halogens is 3. The van der Waals surface area contributed by atoms with Crippen LogP contribution in [0.2, 0.25) is 0 Å². The lowest BCUT2D eigenvalue weighted by Crippen LogP contribution is -2.41. The molecule has 1 fully saturated rings. The molecule has 1 aliphatic heterocycles. The Morgan fingerprint density at radius 1 is 1.20 bits per heavy atom. The highest BCUT2D eigenvalue weighted by Crippen LogP contribution is 2.40. The number of ether oxygens (including phenoxy) is 1. The summed E-state index contributed by atoms with van der Waals surface area (Å²) in [6.07, 6.45) is 0.335. The smallest absolute Gasteiger partial charge is 0.398 e. The van der Waals surface area contributed by atoms with Crippen LogP contribution in [0, 0.1) is 5.82 Å². The number of hydrogen-bond donors (Lipinski definition) is 0. The van der Waals surface area contributed by atoms with Gasteiger partial charge in [0.05, 0.1) is 22.3 Å². The van der Waals surface area contributed by atoms with Crippen LogP contribution in [0.4, 0.5) is 8.78 Å². The highest BCUT2D eigenvalue weighted by atomic mass is 79.9. The minimum absolute atomic E-state index is 0.278. The van der Waals surface area contributed by atoms with Gasteiger partial charge in [-0.2, -0.15) is 0 Å². The summed E-state index contributed by atoms with van der Waals surface area (Å²) in [5, 5.41) is 0. The van der Waals surface area contributed by atoms with Crippen molar-refractivity contribution in [2.75, 3.05) is 13.2 Å². The first kappa shape index (κ1) is 20.6. The molecule has 25 heavy (non-hydrogen) atoms. The third-order valence-electron chi connectivity index (χ3n) is 4.72. The van der Waals surface area contributed by atoms with Crippen LogP contribution in [0.25, 0.3) is 5.57 Å². The van der Waals surface area contributed by atoms with Crippen LogP contribution in [0.1, 0.15) is 46.6 Å². The van der Waals surface area contributed by atoms with Gasteiger partial charge < -0.3 is 14.0 Å². The molecule has 1 heterocycles. The van der Waals surface area contributed by atoms with Crippen LogP contribution in [0.15, 0.2) is 28.4 Å². The van der Waals surface area contributed by atoms with Crippen LogP contribution in [0.5, 0.6) is 0 Å². The minimum atomic E-state index is -1.09. The molecule has 3 nitrogen and oxygen atoms in total. The molecule has 0 bridgehead atoms. The zero-order valence-corrected chi connectivity index (χ0v) is 16.9. The molecule has 0 aliphatic carbocycles. The van der Waals surface area contributed by atoms with Gasteiger partial charge in [0.25, 0.3) is 0 Å². The molecular formula is C18H24BBrF2O3. The van der Waals surface area contributed by atoms with E-state index < -0.39 is 29.9 Å². The van der Waals surface area contributed by atoms with Gasteiger partial charge in [-0.25, -0.2) is 8.78 Å². The van der Waals surface area contributed by atoms with Crippen molar-refractivity contribution in [2.24, 2.45) is 0 Å². The van der Waals surface area contributed by atoms with Crippen molar-refractivity contribution >= 4 is 28.6 Å². The molecule has 0 N–H and O–H groups in total. The number of rotatable bonds is 6. The Bertz CT molecular complexity index is 646. The zero-order chi connectivity index (χ0) is 18.8. The van der Waals surface area contributed by atoms with Crippen LogP contribution in [-0.2, 0) is 14.0 Å². The van der Waals surface area contributed by atoms with Gasteiger partial charge in [0.15, 0.2) is 0 Å². The van der Waals surface area contributed by atoms with Crippen LogP contribution in [-0.4, -0.2) is 31.5 Å². The first-order valence-corrected chi connectivity index (χ1v) is 9.15. The molecule has 0 atom stereocenters. The van der Waals surface area contributed by atoms with Crippen molar-refractivity contribution in [3.63, 3.8) is 0 Å². The number of hydrogen-bond acceptors (Lipinski definition) is 3. The summed E-state index contributed by atoms with van der Waals surface area (Å²) in [5.74, 6) is -0.399. The third-order valence-corrected chi connectivity index (χ3v) is 5.32. The summed E-state index contributed by atoms with van der Waals surface area (Å²) < 4.78 is 46.1. The van der Waals surface area contributed by atoms with Crippen molar-refractivity contribution in [2.45, 2.75) is 52.2 Å². The summed E-state index contributed by atoms with van der Waals surface area (Å²) in [4.78, 5) is 0. The molecule has 0 unspecified atom stereocenters. The fourth-order valence-electron chi connectivity index (χ4n) is 2.49. The highest BCUT2D eigenvalue weighted by molar-refractivity contribution is 9.10. The first-order chi connectivity index (χ1) is 11.6. The van der Waals surface area contributed by atoms with E-state index in [1.54, 1.807) is 12.1 Å². The number of benzene rings is 1. The lowest BCUT2D eigenvalue weighted by molar-refractivity contribution is 0.00578. The average Bonchev–Trinajstić information content (AvgIpc) is 2.74. The molecule has 1 aromatic rings. The highest BCUT2D eigenvalue weighted by Gasteiger charge is 2.53. The maximum absolute atomic E-state index is 15.3. The standard InChI is InChI=1S/C18H24BBrF2O3/c1-6-23-10-9-13(12-7-8-15(21)14(20)11-12)16(22)19-24-17(2,3)18(4,5)25-19/h7-8,11H,6,9-10H2,1-5H3. The van der Waals surface area contributed by atoms with E-state index in [1.165, 1.54) is 6.07 Å². The molecule has 1 saturated heterocycles. The van der Waals surface area contributed by atoms with Gasteiger partial charge in [0.1, 0.15) is 11.5 Å². The lowest BCUT2D eigenvalue weighted by Gasteiger charge is -2.32. The Hall–Kier alpha value is -0.755. The van der Waals surface area contributed by atoms with E-state index >= 15 is 4.39 Å². The van der Waals surface area contributed by atoms with Gasteiger partial charge in [0.2, 0.25) is 0 Å². The van der Waals surface area contributed by atoms with Gasteiger partial charge in [-0.3, -0.25) is 0 Å². The summed E-state index contributed by atoms with van der Waals surface area (Å²) >= 11 is 3.15. The Morgan fingerprint density at radius 2 is 1.80 bits per heavy atom. The first-order valence-electron chi connectivity index (χ1n) is 8.36. The molecule has 0 radical (unpaired) electrons. The second-order valence-corrected chi connectivity index (χ2v) is 7.84. The van der Waals surface area contributed by atoms with E-state index in [4.69, 9.17) is 14.0 Å². The van der Waals surface area contributed by atoms with Gasteiger partial charge >= 0.3 is 7.12 Å². The summed E-state index contributed by atoms with van der Waals surface area (Å²) in [6.45, 7) is 10.3. The minimum Gasteiger partial charge on any atom is -0.398 e. The van der Waals surface area contributed by atoms with Crippen LogP contribution < -0.4 is 0 Å². The van der Waals surface area contributed by atoms with E-state index in [9.17, 15) is 4.39 Å². The fourth-order valence-corrected chi connectivity index (χ4v) is 2.87. The third kappa shape index (κ3) is 4.51. The van der Waals surface area contributed by atoms with Gasteiger partial charge in [-0.05, 0) is 80.2 Å². The fraction of sp³-hybridized carbons (Fsp3) is 0.556. The molecule has 0 amide bonds. The summed E-state index contributed by atoms with van der Waals surface area (Å²) in [5.41, 5.74) is -0.808. The molecule has 0 spiro atoms. The topological polar surface area (TPSA) is 27.7 Å². The molecule has 7 heteroatoms. The predicted molar refractivity (Wildman–Crippen MR) is 99.3 cm³/mol. The Kier molecular flexibility index (Phi) is 6.47. The van der Waals surface area contributed by atoms with Crippen LogP contribution in [0.3, 0.4) is 0 Å². The molecule has 2 rings (SSSR count). The Morgan fingerprint density at radius 3 is 2.32 bits per heavy atom. The average molecular weight is 417 g/mol. The molecule has 1 aromatic carbocycles. The second kappa shape index (κ2) is 7.86. The van der Waals surface area contributed by atoms with Gasteiger partial charge in [0, 0.05) is 6.61 Å². The van der Waals surface area contributed by atoms with E-state index in [0.29, 0.717) is 30.8 Å². The van der Waals surface area contributed by atoms with Gasteiger partial charge in [-0.15, -0.1) is 0 Å². The SMILES string of the molecule is CCOCCC(=C(F)B1OC(C)(C)C(C)(C)O1)c1ccc(F)c(Br)c1. The zero-order valence-electron chi connectivity index (χ0n) is 15.3. The van der Waals surface area contributed by atoms with E-state index in [1.807, 2.05) is 34.6 Å². The van der Waals surface area contributed by atoms with Gasteiger partial charge in [-0.1, -0.05) is 6.07 Å². The van der Waals surface area contributed by atoms with Crippen molar-refractivity contribution < 1.29 is 22.8 Å². The molecule has 1 aliphatic rings. The van der Waals surface area contributed by atoms with Crippen molar-refractivity contribution in [1.82, 2.24) is 0 Å².